The zero-order valence-electron chi connectivity index (χ0n) is 24.4. The average molecular weight is 616 g/mol. The first kappa shape index (κ1) is 31.9. The summed E-state index contributed by atoms with van der Waals surface area (Å²) < 4.78 is 35.3. The fourth-order valence-corrected chi connectivity index (χ4v) is 6.10. The second kappa shape index (κ2) is 14.5. The monoisotopic (exact) mass is 615 g/mol. The molecular weight excluding hydrogens is 582 g/mol. The van der Waals surface area contributed by atoms with Gasteiger partial charge in [-0.1, -0.05) is 37.3 Å². The molecule has 1 aliphatic rings. The molecule has 2 aromatic heterocycles. The number of carbonyl (C=O) groups is 2. The minimum Gasteiger partial charge on any atom is -0.481 e. The molecular formula is C32H33N5O6S. The third-order valence-corrected chi connectivity index (χ3v) is 8.81. The Kier molecular flexibility index (Phi) is 10.5. The van der Waals surface area contributed by atoms with E-state index in [4.69, 9.17) is 19.4 Å². The number of nitriles is 1. The van der Waals surface area contributed by atoms with Crippen LogP contribution in [0.15, 0.2) is 94.1 Å². The maximum absolute atomic E-state index is 13.5. The fraction of sp³-hybridized carbons (Fsp3) is 0.250. The van der Waals surface area contributed by atoms with Crippen molar-refractivity contribution in [2.45, 2.75) is 38.1 Å². The molecule has 1 saturated heterocycles. The normalized spacial score (nSPS) is 14.2. The standard InChI is InChI=1S/C30H29N5O4S.C2H4O2/c1-22-12-14-34(15-13-22)40(37,38)28-11-5-7-23(18-28)29-25(21-35(33-29)26-8-3-2-4-9-26)17-24(19-31)30(36)32-20-27-10-6-16-39-27;1-2(3)4/h2-11,16-18,21-22H,12-15,20H2,1H3,(H,32,36);1H3,(H,3,4)/b24-17+;. The topological polar surface area (TPSA) is 159 Å². The van der Waals surface area contributed by atoms with Gasteiger partial charge in [-0.15, -0.1) is 0 Å². The van der Waals surface area contributed by atoms with Crippen molar-refractivity contribution < 1.29 is 27.5 Å². The lowest BCUT2D eigenvalue weighted by molar-refractivity contribution is -0.134. The van der Waals surface area contributed by atoms with E-state index in [9.17, 15) is 18.5 Å². The first-order valence-electron chi connectivity index (χ1n) is 14.0. The summed E-state index contributed by atoms with van der Waals surface area (Å²) in [6.45, 7) is 4.33. The van der Waals surface area contributed by atoms with Crippen LogP contribution in [0, 0.1) is 17.2 Å². The SMILES string of the molecule is CC(=O)O.CC1CCN(S(=O)(=O)c2cccc(-c3nn(-c4ccccc4)cc3/C=C(\C#N)C(=O)NCc3ccco3)c2)CC1. The van der Waals surface area contributed by atoms with E-state index in [2.05, 4.69) is 12.2 Å². The van der Waals surface area contributed by atoms with Crippen molar-refractivity contribution in [1.29, 1.82) is 5.26 Å². The second-order valence-electron chi connectivity index (χ2n) is 10.3. The number of nitrogens with one attached hydrogen (secondary N) is 1. The van der Waals surface area contributed by atoms with Gasteiger partial charge in [0, 0.05) is 37.3 Å². The Morgan fingerprint density at radius 1 is 1.11 bits per heavy atom. The van der Waals surface area contributed by atoms with Crippen molar-refractivity contribution in [3.8, 4) is 23.0 Å². The number of nitrogens with zero attached hydrogens (tertiary/aromatic N) is 4. The van der Waals surface area contributed by atoms with E-state index in [1.807, 2.05) is 36.4 Å². The average Bonchev–Trinajstić information content (AvgIpc) is 3.70. The van der Waals surface area contributed by atoms with E-state index in [-0.39, 0.29) is 17.0 Å². The molecule has 0 radical (unpaired) electrons. The molecule has 0 saturated carbocycles. The van der Waals surface area contributed by atoms with Gasteiger partial charge in [0.15, 0.2) is 0 Å². The predicted molar refractivity (Wildman–Crippen MR) is 164 cm³/mol. The third-order valence-electron chi connectivity index (χ3n) is 6.92. The van der Waals surface area contributed by atoms with Crippen LogP contribution in [0.2, 0.25) is 0 Å². The number of sulfonamides is 1. The zero-order valence-corrected chi connectivity index (χ0v) is 25.2. The number of hydrogen-bond acceptors (Lipinski definition) is 7. The lowest BCUT2D eigenvalue weighted by atomic mass is 10.0. The summed E-state index contributed by atoms with van der Waals surface area (Å²) in [5, 5.41) is 24.6. The van der Waals surface area contributed by atoms with E-state index >= 15 is 0 Å². The highest BCUT2D eigenvalue weighted by Gasteiger charge is 2.28. The van der Waals surface area contributed by atoms with Gasteiger partial charge < -0.3 is 14.8 Å². The third kappa shape index (κ3) is 8.09. The summed E-state index contributed by atoms with van der Waals surface area (Å²) in [6.07, 6.45) is 6.34. The van der Waals surface area contributed by atoms with Crippen LogP contribution in [0.3, 0.4) is 0 Å². The van der Waals surface area contributed by atoms with Gasteiger partial charge in [-0.05, 0) is 61.2 Å². The number of para-hydroxylation sites is 1. The van der Waals surface area contributed by atoms with Crippen molar-refractivity contribution >= 4 is 28.0 Å². The van der Waals surface area contributed by atoms with E-state index in [1.165, 1.54) is 16.6 Å². The summed E-state index contributed by atoms with van der Waals surface area (Å²) in [5.74, 6) is -0.336. The summed E-state index contributed by atoms with van der Waals surface area (Å²) in [7, 11) is -3.69. The molecule has 44 heavy (non-hydrogen) atoms. The molecule has 4 aromatic rings. The molecule has 1 aliphatic heterocycles. The van der Waals surface area contributed by atoms with Gasteiger partial charge >= 0.3 is 0 Å². The van der Waals surface area contributed by atoms with Gasteiger partial charge in [0.05, 0.1) is 23.4 Å². The van der Waals surface area contributed by atoms with Gasteiger partial charge in [-0.3, -0.25) is 9.59 Å². The molecule has 228 valence electrons. The zero-order chi connectivity index (χ0) is 31.7. The molecule has 12 heteroatoms. The van der Waals surface area contributed by atoms with E-state index in [1.54, 1.807) is 47.3 Å². The van der Waals surface area contributed by atoms with Crippen LogP contribution < -0.4 is 5.32 Å². The van der Waals surface area contributed by atoms with Crippen LogP contribution in [0.1, 0.15) is 38.0 Å². The Balaban J connectivity index is 0.00000104. The molecule has 2 aromatic carbocycles. The Bertz CT molecular complexity index is 1760. The number of furan rings is 1. The largest absolute Gasteiger partial charge is 0.481 e. The first-order chi connectivity index (χ1) is 21.1. The number of aliphatic carboxylic acids is 1. The van der Waals surface area contributed by atoms with Gasteiger partial charge in [0.1, 0.15) is 23.1 Å². The molecule has 0 unspecified atom stereocenters. The number of rotatable bonds is 8. The predicted octanol–water partition coefficient (Wildman–Crippen LogP) is 4.87. The minimum atomic E-state index is -3.69. The molecule has 0 aliphatic carbocycles. The Morgan fingerprint density at radius 2 is 1.82 bits per heavy atom. The number of amides is 1. The Hall–Kier alpha value is -4.99. The highest BCUT2D eigenvalue weighted by Crippen LogP contribution is 2.30. The number of carboxylic acid groups (broad SMARTS) is 1. The lowest BCUT2D eigenvalue weighted by Gasteiger charge is -2.29. The summed E-state index contributed by atoms with van der Waals surface area (Å²) in [6, 6.07) is 21.5. The van der Waals surface area contributed by atoms with Crippen molar-refractivity contribution in [3.05, 3.63) is 96.1 Å². The number of aromatic nitrogens is 2. The molecule has 0 atom stereocenters. The highest BCUT2D eigenvalue weighted by atomic mass is 32.2. The van der Waals surface area contributed by atoms with Crippen LogP contribution >= 0.6 is 0 Å². The van der Waals surface area contributed by atoms with Crippen molar-refractivity contribution in [1.82, 2.24) is 19.4 Å². The summed E-state index contributed by atoms with van der Waals surface area (Å²) in [5.41, 5.74) is 2.15. The van der Waals surface area contributed by atoms with E-state index < -0.39 is 21.9 Å². The van der Waals surface area contributed by atoms with Crippen LogP contribution in [-0.2, 0) is 26.2 Å². The fourth-order valence-electron chi connectivity index (χ4n) is 4.59. The number of piperidine rings is 1. The maximum Gasteiger partial charge on any atom is 0.300 e. The second-order valence-corrected chi connectivity index (χ2v) is 12.2. The molecule has 0 spiro atoms. The Morgan fingerprint density at radius 3 is 2.45 bits per heavy atom. The molecule has 1 amide bonds. The van der Waals surface area contributed by atoms with Crippen molar-refractivity contribution in [2.75, 3.05) is 13.1 Å². The first-order valence-corrected chi connectivity index (χ1v) is 15.4. The number of benzene rings is 2. The van der Waals surface area contributed by atoms with Gasteiger partial charge in [0.2, 0.25) is 10.0 Å². The molecule has 2 N–H and O–H groups in total. The van der Waals surface area contributed by atoms with Gasteiger partial charge in [0.25, 0.3) is 11.9 Å². The summed E-state index contributed by atoms with van der Waals surface area (Å²) >= 11 is 0. The molecule has 11 nitrogen and oxygen atoms in total. The Labute approximate surface area is 256 Å². The summed E-state index contributed by atoms with van der Waals surface area (Å²) in [4.78, 5) is 22.0. The minimum absolute atomic E-state index is 0.119. The molecule has 5 rings (SSSR count). The number of carboxylic acids is 1. The quantitative estimate of drug-likeness (QED) is 0.210. The van der Waals surface area contributed by atoms with Gasteiger partial charge in [-0.25, -0.2) is 13.1 Å². The van der Waals surface area contributed by atoms with Crippen molar-refractivity contribution in [3.63, 3.8) is 0 Å². The smallest absolute Gasteiger partial charge is 0.300 e. The van der Waals surface area contributed by atoms with E-state index in [0.717, 1.165) is 25.5 Å². The van der Waals surface area contributed by atoms with E-state index in [0.29, 0.717) is 41.6 Å². The van der Waals surface area contributed by atoms with Crippen LogP contribution in [0.25, 0.3) is 23.0 Å². The number of hydrogen-bond donors (Lipinski definition) is 2. The molecule has 1 fully saturated rings. The maximum atomic E-state index is 13.5. The molecule has 3 heterocycles. The van der Waals surface area contributed by atoms with Crippen LogP contribution in [0.5, 0.6) is 0 Å². The lowest BCUT2D eigenvalue weighted by Crippen LogP contribution is -2.37. The number of carbonyl (C=O) groups excluding carboxylic acids is 1. The molecule has 0 bridgehead atoms. The van der Waals surface area contributed by atoms with Crippen LogP contribution in [0.4, 0.5) is 0 Å². The van der Waals surface area contributed by atoms with Gasteiger partial charge in [-0.2, -0.15) is 14.7 Å². The van der Waals surface area contributed by atoms with Crippen molar-refractivity contribution in [2.24, 2.45) is 5.92 Å². The highest BCUT2D eigenvalue weighted by molar-refractivity contribution is 7.89. The van der Waals surface area contributed by atoms with Crippen LogP contribution in [-0.4, -0.2) is 52.6 Å².